The fourth-order valence-corrected chi connectivity index (χ4v) is 3.27. The first-order valence-corrected chi connectivity index (χ1v) is 6.34. The monoisotopic (exact) mass is 233 g/mol. The molecule has 0 saturated carbocycles. The Bertz CT molecular complexity index is 444. The van der Waals surface area contributed by atoms with Gasteiger partial charge in [0, 0.05) is 11.5 Å². The van der Waals surface area contributed by atoms with E-state index in [1.54, 1.807) is 6.07 Å². The highest BCUT2D eigenvalue weighted by Crippen LogP contribution is 2.46. The maximum Gasteiger partial charge on any atom is 0.164 e. The average Bonchev–Trinajstić information content (AvgIpc) is 2.33. The summed E-state index contributed by atoms with van der Waals surface area (Å²) in [5.74, 6) is 1.53. The van der Waals surface area contributed by atoms with Crippen LogP contribution in [0.25, 0.3) is 0 Å². The van der Waals surface area contributed by atoms with Crippen LogP contribution in [0.4, 0.5) is 0 Å². The van der Waals surface area contributed by atoms with Crippen molar-refractivity contribution in [2.45, 2.75) is 31.7 Å². The quantitative estimate of drug-likeness (QED) is 0.746. The van der Waals surface area contributed by atoms with Crippen molar-refractivity contribution in [2.24, 2.45) is 0 Å². The molecule has 92 valence electrons. The molecule has 0 amide bonds. The second-order valence-corrected chi connectivity index (χ2v) is 5.25. The first-order valence-electron chi connectivity index (χ1n) is 6.34. The molecule has 0 spiro atoms. The number of aromatic hydroxyl groups is 1. The molecular weight excluding hydrogens is 214 g/mol. The number of benzene rings is 1. The Hall–Kier alpha value is -1.22. The second kappa shape index (κ2) is 3.91. The Morgan fingerprint density at radius 3 is 3.06 bits per heavy atom. The second-order valence-electron chi connectivity index (χ2n) is 5.25. The molecule has 2 atom stereocenters. The number of phenolic OH excluding ortho intramolecular Hbond substituents is 1. The molecule has 2 heterocycles. The third kappa shape index (κ3) is 1.61. The van der Waals surface area contributed by atoms with Gasteiger partial charge in [0.1, 0.15) is 6.61 Å². The summed E-state index contributed by atoms with van der Waals surface area (Å²) in [6, 6.07) is 4.20. The minimum atomic E-state index is 0.289. The van der Waals surface area contributed by atoms with Crippen LogP contribution in [0.3, 0.4) is 0 Å². The van der Waals surface area contributed by atoms with Gasteiger partial charge in [-0.15, -0.1) is 0 Å². The molecule has 3 rings (SSSR count). The summed E-state index contributed by atoms with van der Waals surface area (Å²) in [4.78, 5) is 2.39. The standard InChI is InChI=1S/C14H19NO2/c1-9-5-6-12(16)14-13(9)10-4-3-7-15(2)11(10)8-17-14/h5-6,10-11,16H,3-4,7-8H2,1-2H3/t10-,11+/m1/s1. The minimum Gasteiger partial charge on any atom is -0.504 e. The van der Waals surface area contributed by atoms with Gasteiger partial charge in [0.25, 0.3) is 0 Å². The molecule has 1 aromatic rings. The highest BCUT2D eigenvalue weighted by molar-refractivity contribution is 5.53. The first kappa shape index (κ1) is 10.9. The zero-order valence-corrected chi connectivity index (χ0v) is 10.4. The molecule has 1 saturated heterocycles. The number of likely N-dealkylation sites (N-methyl/N-ethyl adjacent to an activating group) is 1. The maximum absolute atomic E-state index is 9.90. The van der Waals surface area contributed by atoms with Gasteiger partial charge in [0.15, 0.2) is 11.5 Å². The normalized spacial score (nSPS) is 28.1. The Morgan fingerprint density at radius 1 is 1.41 bits per heavy atom. The van der Waals surface area contributed by atoms with Gasteiger partial charge in [0.2, 0.25) is 0 Å². The molecule has 2 aliphatic rings. The van der Waals surface area contributed by atoms with Gasteiger partial charge in [-0.3, -0.25) is 4.90 Å². The van der Waals surface area contributed by atoms with Crippen LogP contribution >= 0.6 is 0 Å². The van der Waals surface area contributed by atoms with E-state index >= 15 is 0 Å². The van der Waals surface area contributed by atoms with Crippen molar-refractivity contribution >= 4 is 0 Å². The third-order valence-corrected chi connectivity index (χ3v) is 4.22. The topological polar surface area (TPSA) is 32.7 Å². The van der Waals surface area contributed by atoms with Crippen LogP contribution in [0.2, 0.25) is 0 Å². The SMILES string of the molecule is Cc1ccc(O)c2c1[C@@H]1CCCN(C)[C@H]1CO2. The van der Waals surface area contributed by atoms with E-state index in [1.807, 2.05) is 6.07 Å². The lowest BCUT2D eigenvalue weighted by Gasteiger charge is -2.43. The Labute approximate surface area is 102 Å². The van der Waals surface area contributed by atoms with Crippen LogP contribution in [0, 0.1) is 6.92 Å². The molecule has 0 unspecified atom stereocenters. The molecule has 0 radical (unpaired) electrons. The van der Waals surface area contributed by atoms with Crippen molar-refractivity contribution in [2.75, 3.05) is 20.2 Å². The largest absolute Gasteiger partial charge is 0.504 e. The van der Waals surface area contributed by atoms with Crippen LogP contribution in [0.1, 0.15) is 29.9 Å². The summed E-state index contributed by atoms with van der Waals surface area (Å²) in [5.41, 5.74) is 2.47. The summed E-state index contributed by atoms with van der Waals surface area (Å²) in [6.45, 7) is 3.96. The zero-order chi connectivity index (χ0) is 12.0. The number of phenols is 1. The number of ether oxygens (including phenoxy) is 1. The van der Waals surface area contributed by atoms with E-state index in [9.17, 15) is 5.11 Å². The van der Waals surface area contributed by atoms with Crippen molar-refractivity contribution in [1.29, 1.82) is 0 Å². The van der Waals surface area contributed by atoms with Gasteiger partial charge in [-0.2, -0.15) is 0 Å². The third-order valence-electron chi connectivity index (χ3n) is 4.22. The van der Waals surface area contributed by atoms with Gasteiger partial charge in [-0.25, -0.2) is 0 Å². The minimum absolute atomic E-state index is 0.289. The summed E-state index contributed by atoms with van der Waals surface area (Å²) in [5, 5.41) is 9.90. The van der Waals surface area contributed by atoms with E-state index < -0.39 is 0 Å². The Morgan fingerprint density at radius 2 is 2.24 bits per heavy atom. The number of hydrogen-bond acceptors (Lipinski definition) is 3. The van der Waals surface area contributed by atoms with Crippen LogP contribution < -0.4 is 4.74 Å². The van der Waals surface area contributed by atoms with E-state index in [0.29, 0.717) is 18.6 Å². The van der Waals surface area contributed by atoms with Crippen LogP contribution in [-0.4, -0.2) is 36.2 Å². The molecule has 3 nitrogen and oxygen atoms in total. The van der Waals surface area contributed by atoms with Gasteiger partial charge < -0.3 is 9.84 Å². The van der Waals surface area contributed by atoms with Crippen molar-refractivity contribution in [3.8, 4) is 11.5 Å². The number of rotatable bonds is 0. The zero-order valence-electron chi connectivity index (χ0n) is 10.4. The average molecular weight is 233 g/mol. The Balaban J connectivity index is 2.09. The lowest BCUT2D eigenvalue weighted by molar-refractivity contribution is 0.0845. The lowest BCUT2D eigenvalue weighted by atomic mass is 9.80. The molecule has 1 N–H and O–H groups in total. The van der Waals surface area contributed by atoms with Crippen molar-refractivity contribution < 1.29 is 9.84 Å². The van der Waals surface area contributed by atoms with E-state index in [1.165, 1.54) is 24.0 Å². The molecule has 0 bridgehead atoms. The van der Waals surface area contributed by atoms with E-state index in [2.05, 4.69) is 18.9 Å². The molecule has 0 aromatic heterocycles. The van der Waals surface area contributed by atoms with E-state index in [0.717, 1.165) is 12.3 Å². The number of piperidine rings is 1. The fourth-order valence-electron chi connectivity index (χ4n) is 3.27. The first-order chi connectivity index (χ1) is 8.18. The summed E-state index contributed by atoms with van der Waals surface area (Å²) < 4.78 is 5.78. The van der Waals surface area contributed by atoms with Gasteiger partial charge in [-0.1, -0.05) is 6.07 Å². The van der Waals surface area contributed by atoms with E-state index in [-0.39, 0.29) is 5.75 Å². The van der Waals surface area contributed by atoms with Crippen LogP contribution in [-0.2, 0) is 0 Å². The lowest BCUT2D eigenvalue weighted by Crippen LogP contribution is -2.47. The molecule has 3 heteroatoms. The molecule has 2 aliphatic heterocycles. The van der Waals surface area contributed by atoms with Gasteiger partial charge >= 0.3 is 0 Å². The molecule has 0 aliphatic carbocycles. The van der Waals surface area contributed by atoms with Crippen LogP contribution in [0.15, 0.2) is 12.1 Å². The molecule has 1 aromatic carbocycles. The summed E-state index contributed by atoms with van der Waals surface area (Å²) >= 11 is 0. The predicted molar refractivity (Wildman–Crippen MR) is 66.7 cm³/mol. The Kier molecular flexibility index (Phi) is 2.51. The maximum atomic E-state index is 9.90. The van der Waals surface area contributed by atoms with Gasteiger partial charge in [-0.05, 0) is 45.0 Å². The highest BCUT2D eigenvalue weighted by Gasteiger charge is 2.37. The number of hydrogen-bond donors (Lipinski definition) is 1. The number of nitrogens with zero attached hydrogens (tertiary/aromatic N) is 1. The smallest absolute Gasteiger partial charge is 0.164 e. The van der Waals surface area contributed by atoms with E-state index in [4.69, 9.17) is 4.74 Å². The van der Waals surface area contributed by atoms with Crippen molar-refractivity contribution in [1.82, 2.24) is 4.90 Å². The molecule has 17 heavy (non-hydrogen) atoms. The number of aryl methyl sites for hydroxylation is 1. The molecular formula is C14H19NO2. The van der Waals surface area contributed by atoms with Crippen molar-refractivity contribution in [3.05, 3.63) is 23.3 Å². The summed E-state index contributed by atoms with van der Waals surface area (Å²) in [6.07, 6.45) is 2.43. The fraction of sp³-hybridized carbons (Fsp3) is 0.571. The molecule has 1 fully saturated rings. The van der Waals surface area contributed by atoms with Crippen LogP contribution in [0.5, 0.6) is 11.5 Å². The van der Waals surface area contributed by atoms with Crippen molar-refractivity contribution in [3.63, 3.8) is 0 Å². The summed E-state index contributed by atoms with van der Waals surface area (Å²) in [7, 11) is 2.17. The highest BCUT2D eigenvalue weighted by atomic mass is 16.5. The predicted octanol–water partition coefficient (Wildman–Crippen LogP) is 2.27. The number of likely N-dealkylation sites (tertiary alicyclic amines) is 1. The van der Waals surface area contributed by atoms with Gasteiger partial charge in [0.05, 0.1) is 6.04 Å². The number of fused-ring (bicyclic) bond motifs is 3.